The van der Waals surface area contributed by atoms with Crippen LogP contribution < -0.4 is 10.1 Å². The molecule has 9 nitrogen and oxygen atoms in total. The third-order valence-electron chi connectivity index (χ3n) is 6.28. The second-order valence-electron chi connectivity index (χ2n) is 9.04. The number of nitrogens with zero attached hydrogens (tertiary/aromatic N) is 2. The second-order valence-corrected chi connectivity index (χ2v) is 9.88. The van der Waals surface area contributed by atoms with Gasteiger partial charge in [0.15, 0.2) is 5.17 Å². The van der Waals surface area contributed by atoms with E-state index in [1.807, 2.05) is 64.9 Å². The minimum absolute atomic E-state index is 0.0918. The molecule has 0 radical (unpaired) electrons. The fourth-order valence-corrected chi connectivity index (χ4v) is 5.40. The summed E-state index contributed by atoms with van der Waals surface area (Å²) in [7, 11) is 1.55. The van der Waals surface area contributed by atoms with Gasteiger partial charge in [0.25, 0.3) is 0 Å². The van der Waals surface area contributed by atoms with Gasteiger partial charge in [0.1, 0.15) is 23.9 Å². The van der Waals surface area contributed by atoms with Gasteiger partial charge < -0.3 is 28.8 Å². The molecule has 5 rings (SSSR count). The van der Waals surface area contributed by atoms with E-state index in [-0.39, 0.29) is 32.1 Å². The van der Waals surface area contributed by atoms with Crippen LogP contribution >= 0.6 is 11.8 Å². The second kappa shape index (κ2) is 12.7. The molecule has 2 aliphatic rings. The summed E-state index contributed by atoms with van der Waals surface area (Å²) in [5.74, 6) is 1.30. The van der Waals surface area contributed by atoms with Crippen LogP contribution in [0.15, 0.2) is 105 Å². The van der Waals surface area contributed by atoms with Crippen LogP contribution in [0.4, 0.5) is 0 Å². The summed E-state index contributed by atoms with van der Waals surface area (Å²) in [6, 6.07) is 20.0. The molecule has 206 valence electrons. The quantitative estimate of drug-likeness (QED) is 0.241. The Labute approximate surface area is 236 Å². The number of benzene rings is 2. The summed E-state index contributed by atoms with van der Waals surface area (Å²) in [6.07, 6.45) is 1.66. The number of esters is 1. The zero-order valence-corrected chi connectivity index (χ0v) is 23.0. The molecule has 2 aliphatic heterocycles. The number of carbonyl (C=O) groups excluding carboxylic acids is 2. The number of furan rings is 1. The number of fused-ring (bicyclic) bond motifs is 1. The van der Waals surface area contributed by atoms with E-state index in [0.29, 0.717) is 33.7 Å². The lowest BCUT2D eigenvalue weighted by Gasteiger charge is -2.36. The Morgan fingerprint density at radius 3 is 2.65 bits per heavy atom. The molecule has 40 heavy (non-hydrogen) atoms. The molecule has 3 heterocycles. The van der Waals surface area contributed by atoms with E-state index in [9.17, 15) is 9.59 Å². The van der Waals surface area contributed by atoms with Gasteiger partial charge in [-0.1, -0.05) is 42.1 Å². The summed E-state index contributed by atoms with van der Waals surface area (Å²) in [4.78, 5) is 33.0. The van der Waals surface area contributed by atoms with Crippen molar-refractivity contribution in [2.24, 2.45) is 4.99 Å². The number of nitrogens with one attached hydrogen (secondary N) is 1. The Balaban J connectivity index is 1.45. The average Bonchev–Trinajstić information content (AvgIpc) is 3.62. The largest absolute Gasteiger partial charge is 0.467 e. The number of amidine groups is 1. The lowest BCUT2D eigenvalue weighted by Crippen LogP contribution is -2.38. The van der Waals surface area contributed by atoms with Gasteiger partial charge >= 0.3 is 5.97 Å². The van der Waals surface area contributed by atoms with Crippen LogP contribution in [0.1, 0.15) is 30.7 Å². The maximum atomic E-state index is 13.4. The molecule has 3 aromatic rings. The van der Waals surface area contributed by atoms with E-state index in [2.05, 4.69) is 5.32 Å². The summed E-state index contributed by atoms with van der Waals surface area (Å²) in [5, 5.41) is 5.47. The van der Waals surface area contributed by atoms with Crippen molar-refractivity contribution in [3.8, 4) is 11.5 Å². The summed E-state index contributed by atoms with van der Waals surface area (Å²) in [6.45, 7) is 2.46. The number of rotatable bonds is 11. The van der Waals surface area contributed by atoms with Gasteiger partial charge in [-0.15, -0.1) is 0 Å². The third-order valence-corrected chi connectivity index (χ3v) is 7.16. The summed E-state index contributed by atoms with van der Waals surface area (Å²) < 4.78 is 22.0. The van der Waals surface area contributed by atoms with Crippen LogP contribution in [0.25, 0.3) is 0 Å². The van der Waals surface area contributed by atoms with Crippen molar-refractivity contribution in [1.29, 1.82) is 0 Å². The highest BCUT2D eigenvalue weighted by molar-refractivity contribution is 8.16. The number of methoxy groups -OCH3 is 1. The molecule has 2 aromatic carbocycles. The fraction of sp³-hybridized carbons (Fsp3) is 0.233. The summed E-state index contributed by atoms with van der Waals surface area (Å²) >= 11 is 1.41. The van der Waals surface area contributed by atoms with Crippen molar-refractivity contribution in [3.63, 3.8) is 0 Å². The van der Waals surface area contributed by atoms with E-state index in [1.54, 1.807) is 32.4 Å². The predicted molar refractivity (Wildman–Crippen MR) is 151 cm³/mol. The maximum absolute atomic E-state index is 13.4. The highest BCUT2D eigenvalue weighted by Gasteiger charge is 2.41. The van der Waals surface area contributed by atoms with Crippen LogP contribution in [0, 0.1) is 0 Å². The van der Waals surface area contributed by atoms with E-state index in [0.717, 1.165) is 11.3 Å². The van der Waals surface area contributed by atoms with E-state index < -0.39 is 12.0 Å². The highest BCUT2D eigenvalue weighted by atomic mass is 32.2. The van der Waals surface area contributed by atoms with Crippen molar-refractivity contribution in [2.75, 3.05) is 20.3 Å². The number of thioether (sulfide) groups is 1. The molecule has 10 heteroatoms. The lowest BCUT2D eigenvalue weighted by atomic mass is 9.93. The smallest absolute Gasteiger partial charge is 0.338 e. The first kappa shape index (κ1) is 27.3. The first-order valence-corrected chi connectivity index (χ1v) is 13.6. The third kappa shape index (κ3) is 6.30. The van der Waals surface area contributed by atoms with Crippen LogP contribution in [0.5, 0.6) is 11.5 Å². The van der Waals surface area contributed by atoms with Crippen LogP contribution in [0.3, 0.4) is 0 Å². The SMILES string of the molecule is COCCOC(=O)C1=C(C)N=C2SC=C(CC(=O)NCc3ccco3)N2C1c1cccc(Oc2ccccc2)c1. The number of ether oxygens (including phenoxy) is 3. The van der Waals surface area contributed by atoms with Gasteiger partial charge in [-0.05, 0) is 54.3 Å². The van der Waals surface area contributed by atoms with Gasteiger partial charge in [-0.3, -0.25) is 4.79 Å². The van der Waals surface area contributed by atoms with Gasteiger partial charge in [-0.25, -0.2) is 9.79 Å². The summed E-state index contributed by atoms with van der Waals surface area (Å²) in [5.41, 5.74) is 2.46. The molecule has 0 aliphatic carbocycles. The van der Waals surface area contributed by atoms with Gasteiger partial charge in [0.05, 0.1) is 43.1 Å². The van der Waals surface area contributed by atoms with Crippen molar-refractivity contribution in [2.45, 2.75) is 25.9 Å². The Kier molecular flexibility index (Phi) is 8.68. The van der Waals surface area contributed by atoms with E-state index in [1.165, 1.54) is 11.8 Å². The van der Waals surface area contributed by atoms with Crippen molar-refractivity contribution in [3.05, 3.63) is 107 Å². The molecule has 0 saturated heterocycles. The lowest BCUT2D eigenvalue weighted by molar-refractivity contribution is -0.141. The molecule has 1 atom stereocenters. The van der Waals surface area contributed by atoms with Crippen molar-refractivity contribution >= 4 is 28.8 Å². The molecule has 0 saturated carbocycles. The van der Waals surface area contributed by atoms with E-state index >= 15 is 0 Å². The molecular formula is C30H29N3O6S. The number of aliphatic imine (C=N–C) groups is 1. The average molecular weight is 560 g/mol. The Hall–Kier alpha value is -4.28. The topological polar surface area (TPSA) is 103 Å². The fourth-order valence-electron chi connectivity index (χ4n) is 4.44. The molecule has 1 amide bonds. The normalized spacial score (nSPS) is 16.2. The van der Waals surface area contributed by atoms with Gasteiger partial charge in [0, 0.05) is 12.8 Å². The van der Waals surface area contributed by atoms with Crippen LogP contribution in [-0.2, 0) is 25.6 Å². The standard InChI is InChI=1S/C30H29N3O6S/c1-20-27(29(35)38-15-14-36-2)28(21-8-6-11-24(16-21)39-23-9-4-3-5-10-23)33-22(19-40-30(33)32-20)17-26(34)31-18-25-12-7-13-37-25/h3-13,16,19,28H,14-15,17-18H2,1-2H3,(H,31,34). The first-order valence-electron chi connectivity index (χ1n) is 12.8. The number of amides is 1. The van der Waals surface area contributed by atoms with Crippen LogP contribution in [-0.4, -0.2) is 42.3 Å². The molecule has 0 fully saturated rings. The molecule has 1 aromatic heterocycles. The number of carbonyl (C=O) groups is 2. The molecular weight excluding hydrogens is 530 g/mol. The molecule has 1 N–H and O–H groups in total. The van der Waals surface area contributed by atoms with E-state index in [4.69, 9.17) is 23.6 Å². The maximum Gasteiger partial charge on any atom is 0.338 e. The predicted octanol–water partition coefficient (Wildman–Crippen LogP) is 5.54. The minimum atomic E-state index is -0.582. The number of hydrogen-bond acceptors (Lipinski definition) is 9. The Morgan fingerprint density at radius 1 is 1.05 bits per heavy atom. The van der Waals surface area contributed by atoms with Crippen LogP contribution in [0.2, 0.25) is 0 Å². The minimum Gasteiger partial charge on any atom is -0.467 e. The van der Waals surface area contributed by atoms with Crippen molar-refractivity contribution in [1.82, 2.24) is 10.2 Å². The molecule has 0 spiro atoms. The zero-order valence-electron chi connectivity index (χ0n) is 22.2. The van der Waals surface area contributed by atoms with Gasteiger partial charge in [-0.2, -0.15) is 0 Å². The van der Waals surface area contributed by atoms with Gasteiger partial charge in [0.2, 0.25) is 5.91 Å². The first-order chi connectivity index (χ1) is 19.5. The zero-order chi connectivity index (χ0) is 27.9. The Bertz CT molecular complexity index is 1450. The monoisotopic (exact) mass is 559 g/mol. The number of para-hydroxylation sites is 1. The number of allylic oxidation sites excluding steroid dienone is 1. The Morgan fingerprint density at radius 2 is 1.88 bits per heavy atom. The molecule has 0 bridgehead atoms. The highest BCUT2D eigenvalue weighted by Crippen LogP contribution is 2.45. The van der Waals surface area contributed by atoms with Crippen molar-refractivity contribution < 1.29 is 28.2 Å². The molecule has 1 unspecified atom stereocenters. The number of hydrogen-bond donors (Lipinski definition) is 1.